The zero-order valence-corrected chi connectivity index (χ0v) is 18.2. The Balaban J connectivity index is 1.74. The number of terminal acetylenes is 1. The van der Waals surface area contributed by atoms with Crippen molar-refractivity contribution in [1.29, 1.82) is 0 Å². The Hall–Kier alpha value is -2.73. The van der Waals surface area contributed by atoms with Crippen LogP contribution in [-0.4, -0.2) is 19.2 Å². The van der Waals surface area contributed by atoms with Crippen molar-refractivity contribution in [3.8, 4) is 29.2 Å². The van der Waals surface area contributed by atoms with Gasteiger partial charge in [-0.2, -0.15) is 0 Å². The fraction of sp³-hybridized carbons (Fsp3) is 0.444. The smallest absolute Gasteiger partial charge is 0.338 e. The van der Waals surface area contributed by atoms with Crippen LogP contribution in [0.2, 0.25) is 0 Å². The van der Waals surface area contributed by atoms with Gasteiger partial charge in [0.05, 0.1) is 18.8 Å². The molecule has 0 saturated heterocycles. The third-order valence-corrected chi connectivity index (χ3v) is 5.02. The van der Waals surface area contributed by atoms with Crippen LogP contribution in [0.4, 0.5) is 0 Å². The molecule has 30 heavy (non-hydrogen) atoms. The topological polar surface area (TPSA) is 35.5 Å². The van der Waals surface area contributed by atoms with Crippen LogP contribution in [0.1, 0.15) is 75.1 Å². The minimum absolute atomic E-state index is 0.312. The van der Waals surface area contributed by atoms with Crippen molar-refractivity contribution in [2.45, 2.75) is 64.7 Å². The summed E-state index contributed by atoms with van der Waals surface area (Å²) in [6.45, 7) is 3.37. The van der Waals surface area contributed by atoms with E-state index in [2.05, 4.69) is 12.8 Å². The molecule has 0 unspecified atom stereocenters. The van der Waals surface area contributed by atoms with Gasteiger partial charge in [0, 0.05) is 6.42 Å². The fourth-order valence-corrected chi connectivity index (χ4v) is 3.21. The molecule has 0 N–H and O–H groups in total. The molecular formula is C27H34O3. The number of benzene rings is 2. The third kappa shape index (κ3) is 8.74. The van der Waals surface area contributed by atoms with Crippen LogP contribution in [0.5, 0.6) is 5.75 Å². The normalized spacial score (nSPS) is 10.4. The number of hydrogen-bond donors (Lipinski definition) is 0. The van der Waals surface area contributed by atoms with E-state index < -0.39 is 0 Å². The Labute approximate surface area is 181 Å². The molecule has 2 rings (SSSR count). The lowest BCUT2D eigenvalue weighted by Gasteiger charge is -2.08. The molecule has 0 aliphatic heterocycles. The molecule has 2 aromatic carbocycles. The SMILES string of the molecule is C#CCCCOC(=O)c1ccc(-c2ccc(OCCCCCCCCC)cc2)cc1. The van der Waals surface area contributed by atoms with E-state index in [0.29, 0.717) is 25.0 Å². The van der Waals surface area contributed by atoms with E-state index in [1.807, 2.05) is 36.4 Å². The molecule has 2 aromatic rings. The molecule has 3 nitrogen and oxygen atoms in total. The van der Waals surface area contributed by atoms with Crippen LogP contribution < -0.4 is 4.74 Å². The van der Waals surface area contributed by atoms with Crippen molar-refractivity contribution in [2.75, 3.05) is 13.2 Å². The lowest BCUT2D eigenvalue weighted by Crippen LogP contribution is -2.06. The molecule has 0 radical (unpaired) electrons. The highest BCUT2D eigenvalue weighted by atomic mass is 16.5. The summed E-state index contributed by atoms with van der Waals surface area (Å²) in [5.74, 6) is 3.12. The second kappa shape index (κ2) is 14.3. The molecule has 0 atom stereocenters. The van der Waals surface area contributed by atoms with E-state index in [-0.39, 0.29) is 5.97 Å². The molecule has 0 heterocycles. The molecule has 0 aliphatic carbocycles. The van der Waals surface area contributed by atoms with Gasteiger partial charge >= 0.3 is 5.97 Å². The Morgan fingerprint density at radius 2 is 1.40 bits per heavy atom. The van der Waals surface area contributed by atoms with Crippen molar-refractivity contribution in [3.63, 3.8) is 0 Å². The van der Waals surface area contributed by atoms with Gasteiger partial charge in [-0.25, -0.2) is 4.79 Å². The summed E-state index contributed by atoms with van der Waals surface area (Å²) in [4.78, 5) is 12.0. The Kier molecular flexibility index (Phi) is 11.2. The third-order valence-electron chi connectivity index (χ3n) is 5.02. The van der Waals surface area contributed by atoms with Gasteiger partial charge in [-0.05, 0) is 48.2 Å². The Morgan fingerprint density at radius 1 is 0.800 bits per heavy atom. The van der Waals surface area contributed by atoms with Gasteiger partial charge in [0.2, 0.25) is 0 Å². The summed E-state index contributed by atoms with van der Waals surface area (Å²) in [5, 5.41) is 0. The number of esters is 1. The minimum Gasteiger partial charge on any atom is -0.494 e. The van der Waals surface area contributed by atoms with E-state index in [1.54, 1.807) is 12.1 Å². The summed E-state index contributed by atoms with van der Waals surface area (Å²) in [6.07, 6.45) is 15.5. The quantitative estimate of drug-likeness (QED) is 0.191. The van der Waals surface area contributed by atoms with Gasteiger partial charge in [0.25, 0.3) is 0 Å². The first-order valence-electron chi connectivity index (χ1n) is 11.2. The summed E-state index contributed by atoms with van der Waals surface area (Å²) in [6, 6.07) is 15.6. The molecule has 0 spiro atoms. The second-order valence-corrected chi connectivity index (χ2v) is 7.52. The highest BCUT2D eigenvalue weighted by molar-refractivity contribution is 5.90. The molecule has 0 aromatic heterocycles. The highest BCUT2D eigenvalue weighted by Crippen LogP contribution is 2.23. The van der Waals surface area contributed by atoms with E-state index in [4.69, 9.17) is 15.9 Å². The lowest BCUT2D eigenvalue weighted by molar-refractivity contribution is 0.0502. The number of carbonyl (C=O) groups excluding carboxylic acids is 1. The van der Waals surface area contributed by atoms with Crippen LogP contribution in [0.15, 0.2) is 48.5 Å². The first kappa shape index (κ1) is 23.5. The van der Waals surface area contributed by atoms with Crippen molar-refractivity contribution in [3.05, 3.63) is 54.1 Å². The van der Waals surface area contributed by atoms with E-state index in [9.17, 15) is 4.79 Å². The maximum absolute atomic E-state index is 12.0. The van der Waals surface area contributed by atoms with Gasteiger partial charge in [-0.3, -0.25) is 0 Å². The fourth-order valence-electron chi connectivity index (χ4n) is 3.21. The average Bonchev–Trinajstić information content (AvgIpc) is 2.79. The lowest BCUT2D eigenvalue weighted by atomic mass is 10.0. The first-order chi connectivity index (χ1) is 14.7. The van der Waals surface area contributed by atoms with Gasteiger partial charge in [-0.1, -0.05) is 69.7 Å². The molecule has 0 saturated carbocycles. The monoisotopic (exact) mass is 406 g/mol. The van der Waals surface area contributed by atoms with Crippen molar-refractivity contribution < 1.29 is 14.3 Å². The van der Waals surface area contributed by atoms with Gasteiger partial charge in [0.15, 0.2) is 0 Å². The predicted octanol–water partition coefficient (Wildman–Crippen LogP) is 7.05. The van der Waals surface area contributed by atoms with Crippen LogP contribution in [0, 0.1) is 12.3 Å². The average molecular weight is 407 g/mol. The minimum atomic E-state index is -0.312. The summed E-state index contributed by atoms with van der Waals surface area (Å²) >= 11 is 0. The Bertz CT molecular complexity index is 769. The van der Waals surface area contributed by atoms with Crippen LogP contribution in [0.25, 0.3) is 11.1 Å². The van der Waals surface area contributed by atoms with Crippen LogP contribution in [-0.2, 0) is 4.74 Å². The zero-order chi connectivity index (χ0) is 21.4. The maximum Gasteiger partial charge on any atom is 0.338 e. The highest BCUT2D eigenvalue weighted by Gasteiger charge is 2.07. The number of carbonyl (C=O) groups is 1. The molecule has 3 heteroatoms. The molecule has 0 amide bonds. The molecule has 0 aliphatic rings. The van der Waals surface area contributed by atoms with Gasteiger partial charge in [-0.15, -0.1) is 12.3 Å². The van der Waals surface area contributed by atoms with Gasteiger partial charge in [0.1, 0.15) is 5.75 Å². The second-order valence-electron chi connectivity index (χ2n) is 7.52. The summed E-state index contributed by atoms with van der Waals surface area (Å²) < 4.78 is 11.1. The number of ether oxygens (including phenoxy) is 2. The van der Waals surface area contributed by atoms with Crippen molar-refractivity contribution >= 4 is 5.97 Å². The summed E-state index contributed by atoms with van der Waals surface area (Å²) in [5.41, 5.74) is 2.69. The van der Waals surface area contributed by atoms with Crippen molar-refractivity contribution in [2.24, 2.45) is 0 Å². The number of rotatable bonds is 14. The maximum atomic E-state index is 12.0. The number of unbranched alkanes of at least 4 members (excludes halogenated alkanes) is 7. The molecule has 160 valence electrons. The zero-order valence-electron chi connectivity index (χ0n) is 18.2. The summed E-state index contributed by atoms with van der Waals surface area (Å²) in [7, 11) is 0. The van der Waals surface area contributed by atoms with Crippen LogP contribution in [0.3, 0.4) is 0 Å². The predicted molar refractivity (Wildman–Crippen MR) is 124 cm³/mol. The van der Waals surface area contributed by atoms with E-state index in [0.717, 1.165) is 29.9 Å². The van der Waals surface area contributed by atoms with Crippen molar-refractivity contribution in [1.82, 2.24) is 0 Å². The number of hydrogen-bond acceptors (Lipinski definition) is 3. The first-order valence-corrected chi connectivity index (χ1v) is 11.2. The molecular weight excluding hydrogens is 372 g/mol. The largest absolute Gasteiger partial charge is 0.494 e. The van der Waals surface area contributed by atoms with Crippen LogP contribution >= 0.6 is 0 Å². The van der Waals surface area contributed by atoms with E-state index in [1.165, 1.54) is 38.5 Å². The molecule has 0 fully saturated rings. The molecule has 0 bridgehead atoms. The standard InChI is InChI=1S/C27H34O3/c1-3-5-7-8-9-10-12-21-29-26-19-17-24(18-20-26)23-13-15-25(16-14-23)27(28)30-22-11-6-4-2/h2,13-20H,3,5-12,21-22H2,1H3. The van der Waals surface area contributed by atoms with E-state index >= 15 is 0 Å². The van der Waals surface area contributed by atoms with Gasteiger partial charge < -0.3 is 9.47 Å². The Morgan fingerprint density at radius 3 is 2.03 bits per heavy atom.